The van der Waals surface area contributed by atoms with Gasteiger partial charge in [0.1, 0.15) is 10.3 Å². The fourth-order valence-corrected chi connectivity index (χ4v) is 4.19. The van der Waals surface area contributed by atoms with Gasteiger partial charge in [-0.2, -0.15) is 10.4 Å². The van der Waals surface area contributed by atoms with Crippen LogP contribution in [-0.4, -0.2) is 37.2 Å². The van der Waals surface area contributed by atoms with Gasteiger partial charge in [-0.3, -0.25) is 10.00 Å². The summed E-state index contributed by atoms with van der Waals surface area (Å²) in [7, 11) is 1.91. The van der Waals surface area contributed by atoms with Crippen molar-refractivity contribution in [1.29, 1.82) is 5.26 Å². The molecular formula is C23H28Cl2N8. The van der Waals surface area contributed by atoms with Crippen LogP contribution in [0.4, 0.5) is 5.69 Å². The zero-order valence-corrected chi connectivity index (χ0v) is 21.0. The largest absolute Gasteiger partial charge is 0.336 e. The molecule has 0 spiro atoms. The van der Waals surface area contributed by atoms with Crippen molar-refractivity contribution in [2.45, 2.75) is 53.0 Å². The molecule has 0 aromatic carbocycles. The summed E-state index contributed by atoms with van der Waals surface area (Å²) in [5.74, 6) is 0.714. The third-order valence-electron chi connectivity index (χ3n) is 5.26. The third-order valence-corrected chi connectivity index (χ3v) is 5.65. The molecular weight excluding hydrogens is 459 g/mol. The summed E-state index contributed by atoms with van der Waals surface area (Å²) >= 11 is 12.1. The standard InChI is InChI=1S/C23H28Cl2N8/c1-6-7-8-33(23(27-13-26)29-16-10-19(24)30-20(25)11-16)12-17-9-18(14(2)3)21-15(4)31-32(5)22(21)28-17/h9-11,14H,6-8,12H2,1-5H3,(H,27,29,30). The molecule has 10 heteroatoms. The Morgan fingerprint density at radius 1 is 1.24 bits per heavy atom. The van der Waals surface area contributed by atoms with Crippen molar-refractivity contribution in [3.8, 4) is 6.19 Å². The number of rotatable bonds is 7. The number of fused-ring (bicyclic) bond motifs is 1. The van der Waals surface area contributed by atoms with Gasteiger partial charge in [-0.05, 0) is 30.9 Å². The highest BCUT2D eigenvalue weighted by atomic mass is 35.5. The van der Waals surface area contributed by atoms with Crippen LogP contribution in [0.15, 0.2) is 23.2 Å². The van der Waals surface area contributed by atoms with Crippen molar-refractivity contribution in [2.75, 3.05) is 6.54 Å². The summed E-state index contributed by atoms with van der Waals surface area (Å²) in [4.78, 5) is 15.5. The topological polar surface area (TPSA) is 95.0 Å². The van der Waals surface area contributed by atoms with Gasteiger partial charge in [0, 0.05) is 31.1 Å². The molecule has 8 nitrogen and oxygen atoms in total. The Balaban J connectivity index is 2.06. The van der Waals surface area contributed by atoms with Crippen LogP contribution in [-0.2, 0) is 13.6 Å². The number of hydrogen-bond donors (Lipinski definition) is 1. The number of nitriles is 1. The van der Waals surface area contributed by atoms with Crippen molar-refractivity contribution >= 4 is 45.9 Å². The summed E-state index contributed by atoms with van der Waals surface area (Å²) in [6.07, 6.45) is 3.91. The average molecular weight is 487 g/mol. The Morgan fingerprint density at radius 3 is 2.55 bits per heavy atom. The van der Waals surface area contributed by atoms with Crippen molar-refractivity contribution in [2.24, 2.45) is 12.0 Å². The van der Waals surface area contributed by atoms with E-state index < -0.39 is 0 Å². The molecule has 3 aromatic heterocycles. The maximum absolute atomic E-state index is 9.40. The fraction of sp³-hybridized carbons (Fsp3) is 0.435. The van der Waals surface area contributed by atoms with E-state index in [1.54, 1.807) is 12.1 Å². The molecule has 33 heavy (non-hydrogen) atoms. The highest BCUT2D eigenvalue weighted by Gasteiger charge is 2.19. The van der Waals surface area contributed by atoms with E-state index in [-0.39, 0.29) is 10.3 Å². The SMILES string of the molecule is CCCCN(Cc1cc(C(C)C)c2c(C)nn(C)c2n1)C(=Nc1cc(Cl)nc(Cl)c1)NC#N. The fourth-order valence-electron chi connectivity index (χ4n) is 3.74. The molecule has 0 aliphatic rings. The first-order valence-corrected chi connectivity index (χ1v) is 11.6. The van der Waals surface area contributed by atoms with Gasteiger partial charge < -0.3 is 4.90 Å². The Bertz CT molecular complexity index is 1190. The minimum absolute atomic E-state index is 0.234. The van der Waals surface area contributed by atoms with Crippen LogP contribution in [0.25, 0.3) is 11.0 Å². The zero-order chi connectivity index (χ0) is 24.1. The van der Waals surface area contributed by atoms with Crippen LogP contribution < -0.4 is 5.32 Å². The van der Waals surface area contributed by atoms with E-state index in [1.807, 2.05) is 29.7 Å². The predicted octanol–water partition coefficient (Wildman–Crippen LogP) is 5.46. The van der Waals surface area contributed by atoms with Gasteiger partial charge in [0.25, 0.3) is 0 Å². The van der Waals surface area contributed by atoms with Gasteiger partial charge in [-0.1, -0.05) is 50.4 Å². The monoisotopic (exact) mass is 486 g/mol. The molecule has 0 unspecified atom stereocenters. The summed E-state index contributed by atoms with van der Waals surface area (Å²) in [5.41, 5.74) is 4.41. The van der Waals surface area contributed by atoms with E-state index >= 15 is 0 Å². The van der Waals surface area contributed by atoms with Crippen LogP contribution in [0, 0.1) is 18.4 Å². The minimum atomic E-state index is 0.234. The second-order valence-electron chi connectivity index (χ2n) is 8.18. The summed E-state index contributed by atoms with van der Waals surface area (Å²) in [6.45, 7) is 9.63. The maximum Gasteiger partial charge on any atom is 0.212 e. The van der Waals surface area contributed by atoms with E-state index in [1.165, 1.54) is 5.56 Å². The number of guanidine groups is 1. The molecule has 3 aromatic rings. The zero-order valence-electron chi connectivity index (χ0n) is 19.5. The molecule has 0 aliphatic heterocycles. The van der Waals surface area contributed by atoms with Gasteiger partial charge in [-0.15, -0.1) is 0 Å². The lowest BCUT2D eigenvalue weighted by Crippen LogP contribution is -2.39. The average Bonchev–Trinajstić information content (AvgIpc) is 3.03. The molecule has 1 N–H and O–H groups in total. The molecule has 0 saturated carbocycles. The minimum Gasteiger partial charge on any atom is -0.336 e. The lowest BCUT2D eigenvalue weighted by molar-refractivity contribution is 0.388. The van der Waals surface area contributed by atoms with Crippen LogP contribution in [0.3, 0.4) is 0 Å². The number of hydrogen-bond acceptors (Lipinski definition) is 5. The quantitative estimate of drug-likeness (QED) is 0.156. The Kier molecular flexibility index (Phi) is 8.11. The summed E-state index contributed by atoms with van der Waals surface area (Å²) < 4.78 is 1.82. The Labute approximate surface area is 204 Å². The van der Waals surface area contributed by atoms with Crippen LogP contribution in [0.2, 0.25) is 10.3 Å². The highest BCUT2D eigenvalue weighted by molar-refractivity contribution is 6.32. The molecule has 0 saturated heterocycles. The lowest BCUT2D eigenvalue weighted by atomic mass is 9.98. The molecule has 0 atom stereocenters. The summed E-state index contributed by atoms with van der Waals surface area (Å²) in [5, 5.41) is 18.3. The number of pyridine rings is 2. The third kappa shape index (κ3) is 5.92. The first kappa shape index (κ1) is 24.7. The van der Waals surface area contributed by atoms with Crippen molar-refractivity contribution < 1.29 is 0 Å². The van der Waals surface area contributed by atoms with Crippen LogP contribution >= 0.6 is 23.2 Å². The maximum atomic E-state index is 9.40. The van der Waals surface area contributed by atoms with E-state index in [0.29, 0.717) is 30.7 Å². The molecule has 3 heterocycles. The first-order chi connectivity index (χ1) is 15.7. The van der Waals surface area contributed by atoms with Gasteiger partial charge in [0.05, 0.1) is 23.6 Å². The molecule has 0 radical (unpaired) electrons. The lowest BCUT2D eigenvalue weighted by Gasteiger charge is -2.25. The number of unbranched alkanes of at least 4 members (excludes halogenated alkanes) is 1. The molecule has 174 valence electrons. The Morgan fingerprint density at radius 2 is 1.94 bits per heavy atom. The van der Waals surface area contributed by atoms with E-state index in [4.69, 9.17) is 28.2 Å². The number of nitrogens with one attached hydrogen (secondary N) is 1. The predicted molar refractivity (Wildman–Crippen MR) is 133 cm³/mol. The number of aryl methyl sites for hydroxylation is 2. The van der Waals surface area contributed by atoms with Crippen molar-refractivity contribution in [3.05, 3.63) is 45.5 Å². The van der Waals surface area contributed by atoms with Gasteiger partial charge >= 0.3 is 0 Å². The van der Waals surface area contributed by atoms with E-state index in [9.17, 15) is 5.26 Å². The van der Waals surface area contributed by atoms with Gasteiger partial charge in [0.2, 0.25) is 5.96 Å². The first-order valence-electron chi connectivity index (χ1n) is 10.9. The second kappa shape index (κ2) is 10.8. The molecule has 0 fully saturated rings. The van der Waals surface area contributed by atoms with Gasteiger partial charge in [0.15, 0.2) is 11.8 Å². The number of nitrogens with zero attached hydrogens (tertiary/aromatic N) is 7. The number of aliphatic imine (C=N–C) groups is 1. The van der Waals surface area contributed by atoms with Crippen molar-refractivity contribution in [1.82, 2.24) is 30.0 Å². The van der Waals surface area contributed by atoms with Crippen LogP contribution in [0.1, 0.15) is 56.5 Å². The van der Waals surface area contributed by atoms with Crippen molar-refractivity contribution in [3.63, 3.8) is 0 Å². The molecule has 0 bridgehead atoms. The molecule has 3 rings (SSSR count). The van der Waals surface area contributed by atoms with Crippen LogP contribution in [0.5, 0.6) is 0 Å². The van der Waals surface area contributed by atoms with E-state index in [0.717, 1.165) is 35.3 Å². The summed E-state index contributed by atoms with van der Waals surface area (Å²) in [6, 6.07) is 5.33. The smallest absolute Gasteiger partial charge is 0.212 e. The highest BCUT2D eigenvalue weighted by Crippen LogP contribution is 2.28. The number of aromatic nitrogens is 4. The van der Waals surface area contributed by atoms with Gasteiger partial charge in [-0.25, -0.2) is 15.0 Å². The normalized spacial score (nSPS) is 11.8. The van der Waals surface area contributed by atoms with E-state index in [2.05, 4.69) is 47.2 Å². The molecule has 0 aliphatic carbocycles. The molecule has 0 amide bonds. The number of halogens is 2. The second-order valence-corrected chi connectivity index (χ2v) is 8.96. The Hall–Kier alpha value is -2.89.